The molecule has 0 aliphatic heterocycles. The third kappa shape index (κ3) is 2.73. The van der Waals surface area contributed by atoms with Crippen LogP contribution in [0.4, 0.5) is 0 Å². The van der Waals surface area contributed by atoms with Crippen LogP contribution in [0.2, 0.25) is 0 Å². The van der Waals surface area contributed by atoms with Crippen LogP contribution in [0, 0.1) is 0 Å². The van der Waals surface area contributed by atoms with E-state index in [1.807, 2.05) is 0 Å². The summed E-state index contributed by atoms with van der Waals surface area (Å²) < 4.78 is 0. The van der Waals surface area contributed by atoms with Gasteiger partial charge in [0.25, 0.3) is 0 Å². The molecule has 84 valence electrons. The zero-order chi connectivity index (χ0) is 11.7. The second kappa shape index (κ2) is 5.70. The Morgan fingerprint density at radius 2 is 1.59 bits per heavy atom. The summed E-state index contributed by atoms with van der Waals surface area (Å²) in [6.45, 7) is 0. The predicted octanol–water partition coefficient (Wildman–Crippen LogP) is 2.08. The number of aromatic carboxylic acids is 2. The van der Waals surface area contributed by atoms with Gasteiger partial charge in [0.2, 0.25) is 0 Å². The molecule has 0 saturated carbocycles. The van der Waals surface area contributed by atoms with Crippen LogP contribution in [0.1, 0.15) is 23.6 Å². The fraction of sp³-hybridized carbons (Fsp3) is 0. The Morgan fingerprint density at radius 1 is 0.941 bits per heavy atom. The van der Waals surface area contributed by atoms with E-state index in [1.165, 1.54) is 6.07 Å². The average molecular weight is 356 g/mol. The molecule has 0 aromatic heterocycles. The maximum atomic E-state index is 11.1. The number of hydrogen-bond donors (Lipinski definition) is 2. The van der Waals surface area contributed by atoms with Crippen molar-refractivity contribution in [3.63, 3.8) is 0 Å². The van der Waals surface area contributed by atoms with Crippen LogP contribution >= 0.6 is 0 Å². The number of carboxylic acid groups (broad SMARTS) is 2. The van der Waals surface area contributed by atoms with Gasteiger partial charge in [0, 0.05) is 0 Å². The summed E-state index contributed by atoms with van der Waals surface area (Å²) in [6.07, 6.45) is 0. The molecule has 0 aliphatic carbocycles. The van der Waals surface area contributed by atoms with E-state index in [4.69, 9.17) is 10.2 Å². The smallest absolute Gasteiger partial charge is 1.00 e. The van der Waals surface area contributed by atoms with Crippen molar-refractivity contribution in [2.75, 3.05) is 0 Å². The Kier molecular flexibility index (Phi) is 4.79. The molecule has 2 N–H and O–H groups in total. The molecule has 0 atom stereocenters. The minimum Gasteiger partial charge on any atom is -1.00 e. The van der Waals surface area contributed by atoms with Gasteiger partial charge in [-0.1, -0.05) is 30.3 Å². The van der Waals surface area contributed by atoms with Gasteiger partial charge in [-0.3, -0.25) is 0 Å². The van der Waals surface area contributed by atoms with Crippen LogP contribution < -0.4 is 0 Å². The molecule has 2 aromatic carbocycles. The van der Waals surface area contributed by atoms with Crippen LogP contribution in [0.5, 0.6) is 0 Å². The van der Waals surface area contributed by atoms with Gasteiger partial charge < -0.3 is 13.1 Å². The standard InChI is InChI=1S/C12H8O4.Ba.2H/c13-11(14)9-6-5-7-3-1-2-4-8(7)10(9)12(15)16;;;/h1-6H,(H,13,14)(H,15,16);;;/q;+2;2*-1. The van der Waals surface area contributed by atoms with Gasteiger partial charge >= 0.3 is 60.8 Å². The van der Waals surface area contributed by atoms with E-state index >= 15 is 0 Å². The van der Waals surface area contributed by atoms with Crippen molar-refractivity contribution in [1.29, 1.82) is 0 Å². The third-order valence-corrected chi connectivity index (χ3v) is 2.37. The zero-order valence-corrected chi connectivity index (χ0v) is 13.3. The van der Waals surface area contributed by atoms with Gasteiger partial charge in [-0.2, -0.15) is 0 Å². The van der Waals surface area contributed by atoms with Crippen molar-refractivity contribution in [2.45, 2.75) is 0 Å². The van der Waals surface area contributed by atoms with Gasteiger partial charge in [-0.25, -0.2) is 9.59 Å². The van der Waals surface area contributed by atoms with Crippen LogP contribution in [0.15, 0.2) is 36.4 Å². The Bertz CT molecular complexity index is 601. The third-order valence-electron chi connectivity index (χ3n) is 2.37. The molecule has 0 spiro atoms. The van der Waals surface area contributed by atoms with Crippen LogP contribution in [-0.2, 0) is 0 Å². The van der Waals surface area contributed by atoms with E-state index in [0.29, 0.717) is 10.8 Å². The summed E-state index contributed by atoms with van der Waals surface area (Å²) in [5.74, 6) is -2.46. The average Bonchev–Trinajstić information content (AvgIpc) is 2.27. The van der Waals surface area contributed by atoms with Gasteiger partial charge in [0.1, 0.15) is 0 Å². The number of hydrogen-bond acceptors (Lipinski definition) is 2. The first-order chi connectivity index (χ1) is 7.61. The summed E-state index contributed by atoms with van der Waals surface area (Å²) >= 11 is 0. The zero-order valence-electron chi connectivity index (χ0n) is 10.9. The molecule has 5 heteroatoms. The molecule has 0 bridgehead atoms. The largest absolute Gasteiger partial charge is 2.00 e. The van der Waals surface area contributed by atoms with E-state index in [1.54, 1.807) is 30.3 Å². The maximum absolute atomic E-state index is 11.1. The minimum absolute atomic E-state index is 0. The number of rotatable bonds is 2. The summed E-state index contributed by atoms with van der Waals surface area (Å²) in [7, 11) is 0. The quantitative estimate of drug-likeness (QED) is 0.809. The number of carboxylic acids is 2. The van der Waals surface area contributed by atoms with Gasteiger partial charge in [-0.15, -0.1) is 0 Å². The molecule has 0 saturated heterocycles. The Hall–Kier alpha value is -0.789. The predicted molar refractivity (Wildman–Crippen MR) is 65.8 cm³/mol. The normalized spacial score (nSPS) is 9.65. The van der Waals surface area contributed by atoms with Gasteiger partial charge in [0.15, 0.2) is 0 Å². The SMILES string of the molecule is O=C(O)c1ccc2ccccc2c1C(=O)O.[Ba+2].[H-].[H-]. The first kappa shape index (κ1) is 14.3. The number of benzene rings is 2. The Labute approximate surface area is 140 Å². The van der Waals surface area contributed by atoms with Crippen molar-refractivity contribution in [2.24, 2.45) is 0 Å². The molecule has 0 radical (unpaired) electrons. The topological polar surface area (TPSA) is 74.6 Å². The molecule has 0 amide bonds. The van der Waals surface area contributed by atoms with Gasteiger partial charge in [-0.05, 0) is 16.8 Å². The van der Waals surface area contributed by atoms with Crippen LogP contribution in [-0.4, -0.2) is 71.0 Å². The minimum atomic E-state index is -1.23. The van der Waals surface area contributed by atoms with Crippen molar-refractivity contribution >= 4 is 71.6 Å². The number of fused-ring (bicyclic) bond motifs is 1. The first-order valence-corrected chi connectivity index (χ1v) is 4.59. The molecule has 0 aliphatic rings. The fourth-order valence-electron chi connectivity index (χ4n) is 1.68. The van der Waals surface area contributed by atoms with Crippen LogP contribution in [0.25, 0.3) is 10.8 Å². The molecule has 4 nitrogen and oxygen atoms in total. The summed E-state index contributed by atoms with van der Waals surface area (Å²) in [5, 5.41) is 19.1. The second-order valence-electron chi connectivity index (χ2n) is 3.32. The molecule has 17 heavy (non-hydrogen) atoms. The molecule has 0 heterocycles. The van der Waals surface area contributed by atoms with Gasteiger partial charge in [0.05, 0.1) is 11.1 Å². The molecule has 0 unspecified atom stereocenters. The van der Waals surface area contributed by atoms with Crippen molar-refractivity contribution in [3.05, 3.63) is 47.5 Å². The summed E-state index contributed by atoms with van der Waals surface area (Å²) in [4.78, 5) is 22.0. The second-order valence-corrected chi connectivity index (χ2v) is 3.32. The Balaban J connectivity index is 0. The van der Waals surface area contributed by atoms with E-state index in [0.717, 1.165) is 0 Å². The van der Waals surface area contributed by atoms with Crippen molar-refractivity contribution in [3.8, 4) is 0 Å². The van der Waals surface area contributed by atoms with E-state index in [9.17, 15) is 9.59 Å². The monoisotopic (exact) mass is 356 g/mol. The number of carbonyl (C=O) groups is 2. The summed E-state index contributed by atoms with van der Waals surface area (Å²) in [6, 6.07) is 9.72. The molecular weight excluding hydrogens is 345 g/mol. The van der Waals surface area contributed by atoms with Crippen LogP contribution in [0.3, 0.4) is 0 Å². The van der Waals surface area contributed by atoms with E-state index < -0.39 is 11.9 Å². The first-order valence-electron chi connectivity index (χ1n) is 4.59. The Morgan fingerprint density at radius 3 is 2.18 bits per heavy atom. The molecular formula is C12H10BaO4. The fourth-order valence-corrected chi connectivity index (χ4v) is 1.68. The molecule has 0 fully saturated rings. The van der Waals surface area contributed by atoms with E-state index in [2.05, 4.69) is 0 Å². The maximum Gasteiger partial charge on any atom is 2.00 e. The van der Waals surface area contributed by atoms with Crippen molar-refractivity contribution < 1.29 is 22.7 Å². The van der Waals surface area contributed by atoms with E-state index in [-0.39, 0.29) is 62.9 Å². The molecule has 2 aromatic rings. The summed E-state index contributed by atoms with van der Waals surface area (Å²) in [5.41, 5.74) is -0.350. The van der Waals surface area contributed by atoms with Crippen molar-refractivity contribution in [1.82, 2.24) is 0 Å². The molecule has 2 rings (SSSR count).